The highest BCUT2D eigenvalue weighted by molar-refractivity contribution is 5.77. The van der Waals surface area contributed by atoms with Gasteiger partial charge in [0.1, 0.15) is 6.04 Å². The van der Waals surface area contributed by atoms with Gasteiger partial charge in [-0.05, 0) is 46.0 Å². The Morgan fingerprint density at radius 2 is 2.14 bits per heavy atom. The van der Waals surface area contributed by atoms with E-state index in [0.29, 0.717) is 12.6 Å². The molecule has 1 aromatic carbocycles. The molecule has 0 bridgehead atoms. The molecular weight excluding hydrogens is 264 g/mol. The summed E-state index contributed by atoms with van der Waals surface area (Å²) in [5.41, 5.74) is 1.01. The molecule has 0 N–H and O–H groups in total. The van der Waals surface area contributed by atoms with E-state index < -0.39 is 0 Å². The van der Waals surface area contributed by atoms with Crippen LogP contribution in [-0.2, 0) is 9.53 Å². The van der Waals surface area contributed by atoms with Crippen molar-refractivity contribution in [3.8, 4) is 0 Å². The van der Waals surface area contributed by atoms with Gasteiger partial charge in [-0.1, -0.05) is 30.3 Å². The fraction of sp³-hybridized carbons (Fsp3) is 0.588. The molecule has 0 amide bonds. The number of ether oxygens (including phenoxy) is 1. The van der Waals surface area contributed by atoms with E-state index >= 15 is 0 Å². The molecule has 4 heteroatoms. The predicted molar refractivity (Wildman–Crippen MR) is 84.1 cm³/mol. The predicted octanol–water partition coefficient (Wildman–Crippen LogP) is 2.32. The van der Waals surface area contributed by atoms with Crippen molar-refractivity contribution in [3.63, 3.8) is 0 Å². The molecule has 0 radical (unpaired) electrons. The van der Waals surface area contributed by atoms with Gasteiger partial charge in [-0.3, -0.25) is 4.90 Å². The highest BCUT2D eigenvalue weighted by Gasteiger charge is 2.32. The van der Waals surface area contributed by atoms with Crippen LogP contribution < -0.4 is 0 Å². The Morgan fingerprint density at radius 1 is 1.43 bits per heavy atom. The minimum Gasteiger partial charge on any atom is -0.465 e. The van der Waals surface area contributed by atoms with Crippen LogP contribution in [-0.4, -0.2) is 55.6 Å². The summed E-state index contributed by atoms with van der Waals surface area (Å²) in [4.78, 5) is 16.9. The van der Waals surface area contributed by atoms with Crippen LogP contribution in [0.15, 0.2) is 30.3 Å². The SMILES string of the molecule is CCOC(=O)C(c1ccccc1)N(C)C1CCCN(C)C1. The number of hydrogen-bond donors (Lipinski definition) is 0. The van der Waals surface area contributed by atoms with Crippen molar-refractivity contribution in [2.75, 3.05) is 33.8 Å². The maximum atomic E-state index is 12.4. The molecule has 0 aromatic heterocycles. The number of benzene rings is 1. The Labute approximate surface area is 127 Å². The van der Waals surface area contributed by atoms with E-state index in [1.54, 1.807) is 0 Å². The molecule has 2 unspecified atom stereocenters. The Morgan fingerprint density at radius 3 is 2.76 bits per heavy atom. The van der Waals surface area contributed by atoms with Crippen LogP contribution in [0.25, 0.3) is 0 Å². The van der Waals surface area contributed by atoms with Crippen molar-refractivity contribution in [3.05, 3.63) is 35.9 Å². The van der Waals surface area contributed by atoms with Crippen molar-refractivity contribution < 1.29 is 9.53 Å². The van der Waals surface area contributed by atoms with Gasteiger partial charge in [0.15, 0.2) is 0 Å². The Balaban J connectivity index is 2.20. The third kappa shape index (κ3) is 4.05. The molecule has 1 aromatic rings. The van der Waals surface area contributed by atoms with Crippen LogP contribution in [0.2, 0.25) is 0 Å². The fourth-order valence-electron chi connectivity index (χ4n) is 3.08. The second kappa shape index (κ2) is 7.57. The van der Waals surface area contributed by atoms with Crippen molar-refractivity contribution in [2.45, 2.75) is 31.8 Å². The Kier molecular flexibility index (Phi) is 5.76. The second-order valence-corrected chi connectivity index (χ2v) is 5.79. The highest BCUT2D eigenvalue weighted by atomic mass is 16.5. The topological polar surface area (TPSA) is 32.8 Å². The third-order valence-corrected chi connectivity index (χ3v) is 4.21. The summed E-state index contributed by atoms with van der Waals surface area (Å²) in [7, 11) is 4.18. The normalized spacial score (nSPS) is 21.2. The number of hydrogen-bond acceptors (Lipinski definition) is 4. The van der Waals surface area contributed by atoms with Crippen molar-refractivity contribution >= 4 is 5.97 Å². The van der Waals surface area contributed by atoms with Gasteiger partial charge in [0.05, 0.1) is 6.61 Å². The van der Waals surface area contributed by atoms with E-state index in [1.807, 2.05) is 44.3 Å². The van der Waals surface area contributed by atoms with Crippen molar-refractivity contribution in [1.82, 2.24) is 9.80 Å². The van der Waals surface area contributed by atoms with Gasteiger partial charge in [-0.2, -0.15) is 0 Å². The zero-order chi connectivity index (χ0) is 15.2. The minimum atomic E-state index is -0.317. The zero-order valence-electron chi connectivity index (χ0n) is 13.3. The quantitative estimate of drug-likeness (QED) is 0.779. The summed E-state index contributed by atoms with van der Waals surface area (Å²) in [6, 6.07) is 10.0. The molecule has 2 atom stereocenters. The molecule has 116 valence electrons. The Bertz CT molecular complexity index is 449. The molecule has 0 saturated carbocycles. The lowest BCUT2D eigenvalue weighted by molar-refractivity contribution is -0.150. The zero-order valence-corrected chi connectivity index (χ0v) is 13.3. The van der Waals surface area contributed by atoms with Gasteiger partial charge in [-0.15, -0.1) is 0 Å². The van der Waals surface area contributed by atoms with Gasteiger partial charge in [0.25, 0.3) is 0 Å². The summed E-state index contributed by atoms with van der Waals surface area (Å²) in [5.74, 6) is -0.153. The van der Waals surface area contributed by atoms with Crippen molar-refractivity contribution in [2.24, 2.45) is 0 Å². The van der Waals surface area contributed by atoms with Crippen LogP contribution in [0.3, 0.4) is 0 Å². The number of carbonyl (C=O) groups excluding carboxylic acids is 1. The summed E-state index contributed by atoms with van der Waals surface area (Å²) >= 11 is 0. The lowest BCUT2D eigenvalue weighted by Gasteiger charge is -2.39. The van der Waals surface area contributed by atoms with Crippen LogP contribution in [0.5, 0.6) is 0 Å². The smallest absolute Gasteiger partial charge is 0.327 e. The third-order valence-electron chi connectivity index (χ3n) is 4.21. The molecular formula is C17H26N2O2. The standard InChI is InChI=1S/C17H26N2O2/c1-4-21-17(20)16(14-9-6-5-7-10-14)19(3)15-11-8-12-18(2)13-15/h5-7,9-10,15-16H,4,8,11-13H2,1-3H3. The number of likely N-dealkylation sites (N-methyl/N-ethyl adjacent to an activating group) is 2. The molecule has 1 aliphatic heterocycles. The van der Waals surface area contributed by atoms with Crippen LogP contribution in [0, 0.1) is 0 Å². The molecule has 1 fully saturated rings. The van der Waals surface area contributed by atoms with Crippen LogP contribution in [0.1, 0.15) is 31.4 Å². The van der Waals surface area contributed by atoms with Gasteiger partial charge in [0.2, 0.25) is 0 Å². The van der Waals surface area contributed by atoms with Crippen LogP contribution >= 0.6 is 0 Å². The van der Waals surface area contributed by atoms with E-state index in [2.05, 4.69) is 16.8 Å². The van der Waals surface area contributed by atoms with Gasteiger partial charge in [-0.25, -0.2) is 4.79 Å². The minimum absolute atomic E-state index is 0.153. The molecule has 0 aliphatic carbocycles. The average molecular weight is 290 g/mol. The van der Waals surface area contributed by atoms with E-state index in [-0.39, 0.29) is 12.0 Å². The van der Waals surface area contributed by atoms with Gasteiger partial charge >= 0.3 is 5.97 Å². The largest absolute Gasteiger partial charge is 0.465 e. The second-order valence-electron chi connectivity index (χ2n) is 5.79. The summed E-state index contributed by atoms with van der Waals surface area (Å²) in [5, 5.41) is 0. The fourth-order valence-corrected chi connectivity index (χ4v) is 3.08. The first-order valence-electron chi connectivity index (χ1n) is 7.75. The molecule has 1 aliphatic rings. The maximum absolute atomic E-state index is 12.4. The number of piperidine rings is 1. The number of nitrogens with zero attached hydrogens (tertiary/aromatic N) is 2. The summed E-state index contributed by atoms with van der Waals surface area (Å²) in [6.45, 7) is 4.41. The first-order valence-corrected chi connectivity index (χ1v) is 7.75. The maximum Gasteiger partial charge on any atom is 0.327 e. The molecule has 4 nitrogen and oxygen atoms in total. The highest BCUT2D eigenvalue weighted by Crippen LogP contribution is 2.26. The number of esters is 1. The van der Waals surface area contributed by atoms with Crippen LogP contribution in [0.4, 0.5) is 0 Å². The Hall–Kier alpha value is -1.39. The number of likely N-dealkylation sites (tertiary alicyclic amines) is 1. The lowest BCUT2D eigenvalue weighted by atomic mass is 9.99. The molecule has 1 heterocycles. The molecule has 0 spiro atoms. The first-order chi connectivity index (χ1) is 10.1. The van der Waals surface area contributed by atoms with Crippen molar-refractivity contribution in [1.29, 1.82) is 0 Å². The number of rotatable bonds is 5. The molecule has 21 heavy (non-hydrogen) atoms. The molecule has 1 saturated heterocycles. The van der Waals surface area contributed by atoms with E-state index in [4.69, 9.17) is 4.74 Å². The van der Waals surface area contributed by atoms with Gasteiger partial charge < -0.3 is 9.64 Å². The lowest BCUT2D eigenvalue weighted by Crippen LogP contribution is -2.48. The van der Waals surface area contributed by atoms with E-state index in [1.165, 1.54) is 6.42 Å². The van der Waals surface area contributed by atoms with E-state index in [9.17, 15) is 4.79 Å². The van der Waals surface area contributed by atoms with E-state index in [0.717, 1.165) is 25.1 Å². The van der Waals surface area contributed by atoms with Gasteiger partial charge in [0, 0.05) is 12.6 Å². The average Bonchev–Trinajstić information content (AvgIpc) is 2.49. The summed E-state index contributed by atoms with van der Waals surface area (Å²) in [6.07, 6.45) is 2.30. The number of carbonyl (C=O) groups is 1. The monoisotopic (exact) mass is 290 g/mol. The summed E-state index contributed by atoms with van der Waals surface area (Å²) < 4.78 is 5.30. The first kappa shape index (κ1) is 16.0. The molecule has 2 rings (SSSR count).